The predicted molar refractivity (Wildman–Crippen MR) is 110 cm³/mol. The third-order valence-electron chi connectivity index (χ3n) is 4.63. The molecule has 2 aromatic heterocycles. The molecule has 0 radical (unpaired) electrons. The van der Waals surface area contributed by atoms with Crippen molar-refractivity contribution in [3.05, 3.63) is 48.0 Å². The van der Waals surface area contributed by atoms with Crippen molar-refractivity contribution in [3.8, 4) is 27.7 Å². The second-order valence-corrected chi connectivity index (χ2v) is 7.31. The van der Waals surface area contributed by atoms with E-state index in [0.717, 1.165) is 22.0 Å². The number of anilines is 1. The average molecular weight is 409 g/mol. The number of thiazole rings is 1. The van der Waals surface area contributed by atoms with Gasteiger partial charge in [-0.1, -0.05) is 13.0 Å². The number of aromatic nitrogens is 2. The number of carbonyl (C=O) groups excluding carboxylic acids is 2. The van der Waals surface area contributed by atoms with Gasteiger partial charge in [-0.3, -0.25) is 19.5 Å². The first kappa shape index (κ1) is 19.1. The second-order valence-electron chi connectivity index (χ2n) is 6.45. The molecule has 8 heteroatoms. The fourth-order valence-electron chi connectivity index (χ4n) is 3.11. The van der Waals surface area contributed by atoms with Crippen LogP contribution in [-0.2, 0) is 14.3 Å². The van der Waals surface area contributed by atoms with E-state index in [0.29, 0.717) is 17.9 Å². The zero-order valence-corrected chi connectivity index (χ0v) is 16.8. The van der Waals surface area contributed by atoms with E-state index in [-0.39, 0.29) is 12.5 Å². The molecule has 29 heavy (non-hydrogen) atoms. The van der Waals surface area contributed by atoms with Crippen LogP contribution in [0.1, 0.15) is 13.3 Å². The Kier molecular flexibility index (Phi) is 5.26. The Labute approximate surface area is 171 Å². The lowest BCUT2D eigenvalue weighted by Gasteiger charge is -2.33. The molecule has 1 aliphatic heterocycles. The number of fused-ring (bicyclic) bond motifs is 1. The summed E-state index contributed by atoms with van der Waals surface area (Å²) in [5.41, 5.74) is 2.93. The van der Waals surface area contributed by atoms with Gasteiger partial charge in [-0.25, -0.2) is 4.98 Å². The maximum atomic E-state index is 12.8. The molecule has 0 N–H and O–H groups in total. The lowest BCUT2D eigenvalue weighted by atomic mass is 10.1. The van der Waals surface area contributed by atoms with Crippen LogP contribution in [0.15, 0.2) is 48.0 Å². The maximum Gasteiger partial charge on any atom is 0.325 e. The van der Waals surface area contributed by atoms with Gasteiger partial charge >= 0.3 is 5.97 Å². The van der Waals surface area contributed by atoms with Crippen LogP contribution < -0.4 is 9.64 Å². The van der Waals surface area contributed by atoms with Gasteiger partial charge in [0.05, 0.1) is 24.2 Å². The van der Waals surface area contributed by atoms with E-state index in [4.69, 9.17) is 9.47 Å². The van der Waals surface area contributed by atoms with E-state index >= 15 is 0 Å². The third kappa shape index (κ3) is 3.71. The van der Waals surface area contributed by atoms with Gasteiger partial charge in [-0.2, -0.15) is 0 Å². The summed E-state index contributed by atoms with van der Waals surface area (Å²) in [5, 5.41) is 2.75. The van der Waals surface area contributed by atoms with Gasteiger partial charge in [-0.15, -0.1) is 11.3 Å². The Morgan fingerprint density at radius 1 is 1.28 bits per heavy atom. The molecule has 0 saturated heterocycles. The normalized spacial score (nSPS) is 15.6. The fraction of sp³-hybridized carbons (Fsp3) is 0.238. The number of pyridine rings is 1. The highest BCUT2D eigenvalue weighted by Crippen LogP contribution is 2.38. The highest BCUT2D eigenvalue weighted by molar-refractivity contribution is 7.13. The summed E-state index contributed by atoms with van der Waals surface area (Å²) < 4.78 is 10.6. The number of esters is 1. The molecule has 3 aromatic rings. The van der Waals surface area contributed by atoms with E-state index in [1.165, 1.54) is 23.3 Å². The van der Waals surface area contributed by atoms with Crippen LogP contribution >= 0.6 is 11.3 Å². The van der Waals surface area contributed by atoms with Crippen LogP contribution in [0.5, 0.6) is 5.75 Å². The second kappa shape index (κ2) is 8.00. The Morgan fingerprint density at radius 3 is 2.86 bits per heavy atom. The van der Waals surface area contributed by atoms with Gasteiger partial charge in [0.1, 0.15) is 17.3 Å². The lowest BCUT2D eigenvalue weighted by molar-refractivity contribution is -0.140. The Hall–Kier alpha value is -3.26. The third-order valence-corrected chi connectivity index (χ3v) is 5.49. The van der Waals surface area contributed by atoms with Crippen molar-refractivity contribution in [2.24, 2.45) is 0 Å². The summed E-state index contributed by atoms with van der Waals surface area (Å²) in [6.45, 7) is 1.70. The maximum absolute atomic E-state index is 12.8. The van der Waals surface area contributed by atoms with Crippen molar-refractivity contribution < 1.29 is 19.1 Å². The SMILES string of the molecule is CCC1Oc2ccc(-c3csc(-c4ccccn4)n3)cc2N(CC(=O)OC)C1=O. The first-order valence-electron chi connectivity index (χ1n) is 9.17. The summed E-state index contributed by atoms with van der Waals surface area (Å²) in [6, 6.07) is 11.2. The number of nitrogens with zero attached hydrogens (tertiary/aromatic N) is 3. The van der Waals surface area contributed by atoms with Gasteiger partial charge in [-0.05, 0) is 36.8 Å². The molecular weight excluding hydrogens is 390 g/mol. The molecule has 0 spiro atoms. The van der Waals surface area contributed by atoms with Crippen LogP contribution in [0, 0.1) is 0 Å². The van der Waals surface area contributed by atoms with Crippen molar-refractivity contribution in [2.45, 2.75) is 19.4 Å². The molecule has 0 bridgehead atoms. The van der Waals surface area contributed by atoms with Crippen LogP contribution in [0.3, 0.4) is 0 Å². The van der Waals surface area contributed by atoms with Gasteiger partial charge in [0.15, 0.2) is 6.10 Å². The topological polar surface area (TPSA) is 81.6 Å². The molecule has 3 heterocycles. The predicted octanol–water partition coefficient (Wildman–Crippen LogP) is 3.55. The number of rotatable bonds is 5. The zero-order chi connectivity index (χ0) is 20.4. The highest BCUT2D eigenvalue weighted by atomic mass is 32.1. The molecule has 0 saturated carbocycles. The van der Waals surface area contributed by atoms with Gasteiger partial charge in [0.2, 0.25) is 0 Å². The summed E-state index contributed by atoms with van der Waals surface area (Å²) in [5.74, 6) is -0.183. The first-order chi connectivity index (χ1) is 14.1. The van der Waals surface area contributed by atoms with Gasteiger partial charge in [0.25, 0.3) is 5.91 Å². The monoisotopic (exact) mass is 409 g/mol. The number of ether oxygens (including phenoxy) is 2. The minimum Gasteiger partial charge on any atom is -0.478 e. The van der Waals surface area contributed by atoms with Crippen LogP contribution in [0.4, 0.5) is 5.69 Å². The number of benzene rings is 1. The summed E-state index contributed by atoms with van der Waals surface area (Å²) in [4.78, 5) is 35.1. The van der Waals surface area contributed by atoms with Crippen molar-refractivity contribution in [1.29, 1.82) is 0 Å². The molecule has 148 valence electrons. The summed E-state index contributed by atoms with van der Waals surface area (Å²) in [7, 11) is 1.30. The number of methoxy groups -OCH3 is 1. The number of hydrogen-bond donors (Lipinski definition) is 0. The van der Waals surface area contributed by atoms with Gasteiger partial charge < -0.3 is 9.47 Å². The van der Waals surface area contributed by atoms with E-state index in [2.05, 4.69) is 9.97 Å². The largest absolute Gasteiger partial charge is 0.478 e. The molecule has 4 rings (SSSR count). The highest BCUT2D eigenvalue weighted by Gasteiger charge is 2.35. The smallest absolute Gasteiger partial charge is 0.325 e. The average Bonchev–Trinajstić information content (AvgIpc) is 3.26. The van der Waals surface area contributed by atoms with E-state index < -0.39 is 12.1 Å². The molecule has 1 aliphatic rings. The number of carbonyl (C=O) groups is 2. The molecule has 1 unspecified atom stereocenters. The van der Waals surface area contributed by atoms with E-state index in [1.54, 1.807) is 6.20 Å². The molecule has 7 nitrogen and oxygen atoms in total. The first-order valence-corrected chi connectivity index (χ1v) is 10.0. The standard InChI is InChI=1S/C21H19N3O4S/c1-3-17-21(26)24(11-19(25)27-2)16-10-13(7-8-18(16)28-17)15-12-29-20(23-15)14-6-4-5-9-22-14/h4-10,12,17H,3,11H2,1-2H3. The summed E-state index contributed by atoms with van der Waals surface area (Å²) in [6.07, 6.45) is 1.62. The molecular formula is C21H19N3O4S. The van der Waals surface area contributed by atoms with Crippen LogP contribution in [-0.4, -0.2) is 41.6 Å². The quantitative estimate of drug-likeness (QED) is 0.600. The van der Waals surface area contributed by atoms with Crippen molar-refractivity contribution in [2.75, 3.05) is 18.6 Å². The van der Waals surface area contributed by atoms with Crippen molar-refractivity contribution in [3.63, 3.8) is 0 Å². The van der Waals surface area contributed by atoms with Crippen molar-refractivity contribution in [1.82, 2.24) is 9.97 Å². The molecule has 1 amide bonds. The minimum atomic E-state index is -0.618. The zero-order valence-electron chi connectivity index (χ0n) is 16.0. The van der Waals surface area contributed by atoms with E-state index in [9.17, 15) is 9.59 Å². The molecule has 0 aliphatic carbocycles. The fourth-order valence-corrected chi connectivity index (χ4v) is 3.92. The summed E-state index contributed by atoms with van der Waals surface area (Å²) >= 11 is 1.49. The number of hydrogen-bond acceptors (Lipinski definition) is 7. The molecule has 1 aromatic carbocycles. The Bertz CT molecular complexity index is 1050. The Balaban J connectivity index is 1.71. The van der Waals surface area contributed by atoms with Crippen molar-refractivity contribution >= 4 is 28.9 Å². The minimum absolute atomic E-state index is 0.165. The van der Waals surface area contributed by atoms with Gasteiger partial charge in [0, 0.05) is 17.1 Å². The number of amides is 1. The molecule has 0 fully saturated rings. The van der Waals surface area contributed by atoms with E-state index in [1.807, 2.05) is 48.7 Å². The lowest BCUT2D eigenvalue weighted by Crippen LogP contribution is -2.47. The van der Waals surface area contributed by atoms with Crippen LogP contribution in [0.25, 0.3) is 22.0 Å². The molecule has 1 atom stereocenters. The Morgan fingerprint density at radius 2 is 2.14 bits per heavy atom. The van der Waals surface area contributed by atoms with Crippen LogP contribution in [0.2, 0.25) is 0 Å².